The number of imidazole rings is 1. The van der Waals surface area contributed by atoms with Crippen molar-refractivity contribution in [1.82, 2.24) is 15.0 Å². The number of pyridine rings is 1. The summed E-state index contributed by atoms with van der Waals surface area (Å²) >= 11 is 0. The highest BCUT2D eigenvalue weighted by atomic mass is 16.2. The number of aromatic nitrogens is 3. The summed E-state index contributed by atoms with van der Waals surface area (Å²) in [5.41, 5.74) is 5.37. The lowest BCUT2D eigenvalue weighted by Crippen LogP contribution is -2.26. The summed E-state index contributed by atoms with van der Waals surface area (Å²) in [6, 6.07) is 10.1. The van der Waals surface area contributed by atoms with E-state index < -0.39 is 0 Å². The minimum absolute atomic E-state index is 0.0808. The van der Waals surface area contributed by atoms with Crippen LogP contribution < -0.4 is 4.90 Å². The van der Waals surface area contributed by atoms with Crippen LogP contribution in [0.5, 0.6) is 0 Å². The summed E-state index contributed by atoms with van der Waals surface area (Å²) in [5, 5.41) is 0. The van der Waals surface area contributed by atoms with Crippen LogP contribution >= 0.6 is 0 Å². The Hall–Kier alpha value is -2.95. The highest BCUT2D eigenvalue weighted by Crippen LogP contribution is 2.35. The molecule has 0 saturated carbocycles. The van der Waals surface area contributed by atoms with Crippen LogP contribution in [0.3, 0.4) is 0 Å². The number of benzene rings is 1. The number of anilines is 1. The third-order valence-corrected chi connectivity index (χ3v) is 5.05. The number of amides is 1. The zero-order valence-corrected chi connectivity index (χ0v) is 15.1. The van der Waals surface area contributed by atoms with Crippen molar-refractivity contribution in [1.29, 1.82) is 0 Å². The van der Waals surface area contributed by atoms with Crippen molar-refractivity contribution >= 4 is 11.6 Å². The molecule has 0 aliphatic carbocycles. The maximum atomic E-state index is 12.7. The van der Waals surface area contributed by atoms with Crippen LogP contribution in [0.4, 0.5) is 5.69 Å². The molecule has 5 nitrogen and oxygen atoms in total. The number of carbonyl (C=O) groups excluding carboxylic acids is 1. The lowest BCUT2D eigenvalue weighted by atomic mass is 10.0. The van der Waals surface area contributed by atoms with Gasteiger partial charge in [-0.3, -0.25) is 9.78 Å². The van der Waals surface area contributed by atoms with Crippen molar-refractivity contribution in [2.24, 2.45) is 0 Å². The molecule has 3 aromatic rings. The highest BCUT2D eigenvalue weighted by molar-refractivity contribution is 5.97. The summed E-state index contributed by atoms with van der Waals surface area (Å²) in [6.07, 6.45) is 6.78. The molecule has 1 saturated heterocycles. The van der Waals surface area contributed by atoms with Crippen molar-refractivity contribution in [2.45, 2.75) is 32.6 Å². The molecule has 1 aliphatic heterocycles. The number of hydrogen-bond donors (Lipinski definition) is 1. The first-order valence-electron chi connectivity index (χ1n) is 9.01. The molecule has 1 amide bonds. The average Bonchev–Trinajstić information content (AvgIpc) is 3.29. The second-order valence-corrected chi connectivity index (χ2v) is 6.77. The molecule has 26 heavy (non-hydrogen) atoms. The molecule has 2 aromatic heterocycles. The third-order valence-electron chi connectivity index (χ3n) is 5.05. The minimum atomic E-state index is 0.0808. The van der Waals surface area contributed by atoms with Gasteiger partial charge in [0, 0.05) is 42.5 Å². The topological polar surface area (TPSA) is 61.9 Å². The van der Waals surface area contributed by atoms with Gasteiger partial charge in [-0.05, 0) is 36.6 Å². The fourth-order valence-corrected chi connectivity index (χ4v) is 3.71. The van der Waals surface area contributed by atoms with Crippen molar-refractivity contribution in [3.8, 4) is 11.3 Å². The van der Waals surface area contributed by atoms with E-state index in [0.717, 1.165) is 34.8 Å². The normalized spacial score (nSPS) is 17.1. The molecule has 1 atom stereocenters. The van der Waals surface area contributed by atoms with Gasteiger partial charge >= 0.3 is 0 Å². The largest absolute Gasteiger partial charge is 0.342 e. The van der Waals surface area contributed by atoms with Gasteiger partial charge in [0.1, 0.15) is 5.82 Å². The monoisotopic (exact) mass is 346 g/mol. The van der Waals surface area contributed by atoms with Crippen LogP contribution in [-0.4, -0.2) is 27.4 Å². The zero-order chi connectivity index (χ0) is 18.1. The van der Waals surface area contributed by atoms with Gasteiger partial charge in [-0.2, -0.15) is 0 Å². The molecule has 1 aliphatic rings. The van der Waals surface area contributed by atoms with Gasteiger partial charge in [0.25, 0.3) is 0 Å². The third kappa shape index (κ3) is 2.90. The van der Waals surface area contributed by atoms with Crippen LogP contribution in [-0.2, 0) is 11.2 Å². The number of aromatic amines is 1. The predicted molar refractivity (Wildman–Crippen MR) is 102 cm³/mol. The molecular weight excluding hydrogens is 324 g/mol. The second-order valence-electron chi connectivity index (χ2n) is 6.77. The number of hydrogen-bond acceptors (Lipinski definition) is 3. The molecule has 3 heterocycles. The Labute approximate surface area is 153 Å². The van der Waals surface area contributed by atoms with E-state index >= 15 is 0 Å². The van der Waals surface area contributed by atoms with Crippen molar-refractivity contribution in [2.75, 3.05) is 11.4 Å². The summed E-state index contributed by atoms with van der Waals surface area (Å²) in [6.45, 7) is 4.86. The van der Waals surface area contributed by atoms with Crippen LogP contribution in [0.25, 0.3) is 11.3 Å². The van der Waals surface area contributed by atoms with Crippen LogP contribution in [0.15, 0.2) is 48.9 Å². The number of aryl methyl sites for hydroxylation is 2. The van der Waals surface area contributed by atoms with Crippen molar-refractivity contribution < 1.29 is 4.79 Å². The van der Waals surface area contributed by atoms with Gasteiger partial charge in [-0.25, -0.2) is 4.98 Å². The first-order chi connectivity index (χ1) is 12.7. The smallest absolute Gasteiger partial charge is 0.227 e. The van der Waals surface area contributed by atoms with E-state index in [-0.39, 0.29) is 11.8 Å². The summed E-state index contributed by atoms with van der Waals surface area (Å²) in [7, 11) is 0. The van der Waals surface area contributed by atoms with Crippen LogP contribution in [0, 0.1) is 6.92 Å². The maximum absolute atomic E-state index is 12.7. The summed E-state index contributed by atoms with van der Waals surface area (Å²) in [5.74, 6) is 1.11. The molecule has 0 spiro atoms. The number of nitrogens with zero attached hydrogens (tertiary/aromatic N) is 3. The molecule has 0 radical (unpaired) electrons. The molecule has 0 bridgehead atoms. The van der Waals surface area contributed by atoms with Gasteiger partial charge in [-0.1, -0.05) is 25.1 Å². The SMILES string of the molecule is CCc1cccc(C)c1N1C[C@@H](c2ncc(-c3cccnc3)[nH]2)CC1=O. The molecule has 1 N–H and O–H groups in total. The Balaban J connectivity index is 1.61. The highest BCUT2D eigenvalue weighted by Gasteiger charge is 2.34. The summed E-state index contributed by atoms with van der Waals surface area (Å²) in [4.78, 5) is 26.7. The van der Waals surface area contributed by atoms with Crippen LogP contribution in [0.1, 0.15) is 36.2 Å². The average molecular weight is 346 g/mol. The first-order valence-corrected chi connectivity index (χ1v) is 9.01. The molecule has 132 valence electrons. The fraction of sp³-hybridized carbons (Fsp3) is 0.286. The first kappa shape index (κ1) is 16.5. The number of carbonyl (C=O) groups is 1. The molecule has 1 aromatic carbocycles. The van der Waals surface area contributed by atoms with Gasteiger partial charge < -0.3 is 9.88 Å². The van der Waals surface area contributed by atoms with Gasteiger partial charge in [0.05, 0.1) is 11.9 Å². The minimum Gasteiger partial charge on any atom is -0.342 e. The Kier molecular flexibility index (Phi) is 4.29. The molecule has 4 rings (SSSR count). The quantitative estimate of drug-likeness (QED) is 0.780. The van der Waals surface area contributed by atoms with E-state index in [1.54, 1.807) is 6.20 Å². The van der Waals surface area contributed by atoms with Gasteiger partial charge in [0.15, 0.2) is 0 Å². The fourth-order valence-electron chi connectivity index (χ4n) is 3.71. The zero-order valence-electron chi connectivity index (χ0n) is 15.1. The lowest BCUT2D eigenvalue weighted by molar-refractivity contribution is -0.117. The van der Waals surface area contributed by atoms with Gasteiger partial charge in [0.2, 0.25) is 5.91 Å². The lowest BCUT2D eigenvalue weighted by Gasteiger charge is -2.22. The predicted octanol–water partition coefficient (Wildman–Crippen LogP) is 3.86. The van der Waals surface area contributed by atoms with Gasteiger partial charge in [-0.15, -0.1) is 0 Å². The molecule has 1 fully saturated rings. The molecular formula is C21H22N4O. The van der Waals surface area contributed by atoms with Crippen LogP contribution in [0.2, 0.25) is 0 Å². The maximum Gasteiger partial charge on any atom is 0.227 e. The second kappa shape index (κ2) is 6.75. The standard InChI is InChI=1S/C21H22N4O/c1-3-15-7-4-6-14(2)20(15)25-13-17(10-19(25)26)21-23-12-18(24-21)16-8-5-9-22-11-16/h4-9,11-12,17H,3,10,13H2,1-2H3,(H,23,24)/t17-/m0/s1. The Morgan fingerprint density at radius 3 is 2.88 bits per heavy atom. The number of para-hydroxylation sites is 1. The van der Waals surface area contributed by atoms with E-state index in [2.05, 4.69) is 47.0 Å². The van der Waals surface area contributed by atoms with Crippen molar-refractivity contribution in [3.63, 3.8) is 0 Å². The van der Waals surface area contributed by atoms with Crippen molar-refractivity contribution in [3.05, 3.63) is 65.9 Å². The Bertz CT molecular complexity index is 932. The Morgan fingerprint density at radius 2 is 2.12 bits per heavy atom. The number of H-pyrrole nitrogens is 1. The summed E-state index contributed by atoms with van der Waals surface area (Å²) < 4.78 is 0. The molecule has 5 heteroatoms. The van der Waals surface area contributed by atoms with E-state index in [0.29, 0.717) is 13.0 Å². The van der Waals surface area contributed by atoms with E-state index in [1.807, 2.05) is 29.4 Å². The van der Waals surface area contributed by atoms with E-state index in [9.17, 15) is 4.79 Å². The number of rotatable bonds is 4. The van der Waals surface area contributed by atoms with E-state index in [4.69, 9.17) is 0 Å². The Morgan fingerprint density at radius 1 is 1.23 bits per heavy atom. The number of nitrogens with one attached hydrogen (secondary N) is 1. The molecule has 0 unspecified atom stereocenters. The van der Waals surface area contributed by atoms with E-state index in [1.165, 1.54) is 5.56 Å².